The standard InChI is InChI=1S/C14H15N3O2/c1-11-9-13(17(18)19)14(16-10-11)15-8-7-12-5-3-2-4-6-12/h2-6,9-10H,7-8H2,1H3,(H,15,16). The summed E-state index contributed by atoms with van der Waals surface area (Å²) in [5.41, 5.74) is 1.98. The summed E-state index contributed by atoms with van der Waals surface area (Å²) in [7, 11) is 0. The molecular weight excluding hydrogens is 242 g/mol. The fourth-order valence-corrected chi connectivity index (χ4v) is 1.80. The van der Waals surface area contributed by atoms with Gasteiger partial charge in [-0.2, -0.15) is 0 Å². The predicted octanol–water partition coefficient (Wildman–Crippen LogP) is 2.95. The highest BCUT2D eigenvalue weighted by Crippen LogP contribution is 2.22. The van der Waals surface area contributed by atoms with Crippen LogP contribution in [-0.2, 0) is 6.42 Å². The number of aromatic nitrogens is 1. The Morgan fingerprint density at radius 3 is 2.74 bits per heavy atom. The van der Waals surface area contributed by atoms with Crippen molar-refractivity contribution >= 4 is 11.5 Å². The maximum atomic E-state index is 10.9. The molecule has 1 aromatic heterocycles. The van der Waals surface area contributed by atoms with E-state index in [1.165, 1.54) is 11.6 Å². The first-order valence-electron chi connectivity index (χ1n) is 6.05. The lowest BCUT2D eigenvalue weighted by atomic mass is 10.1. The number of aryl methyl sites for hydroxylation is 1. The third-order valence-corrected chi connectivity index (χ3v) is 2.75. The fraction of sp³-hybridized carbons (Fsp3) is 0.214. The second-order valence-electron chi connectivity index (χ2n) is 4.30. The Labute approximate surface area is 111 Å². The van der Waals surface area contributed by atoms with Gasteiger partial charge >= 0.3 is 5.69 Å². The van der Waals surface area contributed by atoms with Crippen molar-refractivity contribution in [1.29, 1.82) is 0 Å². The van der Waals surface area contributed by atoms with E-state index in [0.717, 1.165) is 12.0 Å². The molecule has 0 unspecified atom stereocenters. The molecule has 98 valence electrons. The van der Waals surface area contributed by atoms with E-state index < -0.39 is 4.92 Å². The summed E-state index contributed by atoms with van der Waals surface area (Å²) < 4.78 is 0. The predicted molar refractivity (Wildman–Crippen MR) is 74.3 cm³/mol. The minimum Gasteiger partial charge on any atom is -0.364 e. The molecule has 1 heterocycles. The van der Waals surface area contributed by atoms with Gasteiger partial charge in [0, 0.05) is 18.8 Å². The molecule has 0 aliphatic heterocycles. The summed E-state index contributed by atoms with van der Waals surface area (Å²) in [5, 5.41) is 14.0. The van der Waals surface area contributed by atoms with Gasteiger partial charge in [-0.05, 0) is 24.5 Å². The quantitative estimate of drug-likeness (QED) is 0.660. The third kappa shape index (κ3) is 3.51. The maximum Gasteiger partial charge on any atom is 0.311 e. The SMILES string of the molecule is Cc1cnc(NCCc2ccccc2)c([N+](=O)[O-])c1. The van der Waals surface area contributed by atoms with Crippen molar-refractivity contribution in [2.45, 2.75) is 13.3 Å². The van der Waals surface area contributed by atoms with Gasteiger partial charge in [-0.1, -0.05) is 30.3 Å². The minimum absolute atomic E-state index is 0.0214. The number of nitrogens with one attached hydrogen (secondary N) is 1. The van der Waals surface area contributed by atoms with Crippen molar-refractivity contribution in [1.82, 2.24) is 4.98 Å². The average Bonchev–Trinajstić information content (AvgIpc) is 2.41. The molecule has 2 rings (SSSR count). The molecule has 0 aliphatic rings. The van der Waals surface area contributed by atoms with Crippen LogP contribution in [0.15, 0.2) is 42.6 Å². The van der Waals surface area contributed by atoms with Crippen LogP contribution in [0, 0.1) is 17.0 Å². The number of rotatable bonds is 5. The Morgan fingerprint density at radius 2 is 2.05 bits per heavy atom. The van der Waals surface area contributed by atoms with Gasteiger partial charge in [0.15, 0.2) is 0 Å². The summed E-state index contributed by atoms with van der Waals surface area (Å²) in [6.07, 6.45) is 2.42. The van der Waals surface area contributed by atoms with E-state index in [4.69, 9.17) is 0 Å². The number of hydrogen-bond donors (Lipinski definition) is 1. The summed E-state index contributed by atoms with van der Waals surface area (Å²) in [5.74, 6) is 0.325. The monoisotopic (exact) mass is 257 g/mol. The van der Waals surface area contributed by atoms with Gasteiger partial charge < -0.3 is 5.32 Å². The zero-order chi connectivity index (χ0) is 13.7. The normalized spacial score (nSPS) is 10.2. The smallest absolute Gasteiger partial charge is 0.311 e. The molecule has 0 spiro atoms. The molecule has 5 nitrogen and oxygen atoms in total. The second kappa shape index (κ2) is 5.95. The first-order valence-corrected chi connectivity index (χ1v) is 6.05. The van der Waals surface area contributed by atoms with Gasteiger partial charge in [-0.25, -0.2) is 4.98 Å². The molecule has 0 fully saturated rings. The highest BCUT2D eigenvalue weighted by atomic mass is 16.6. The maximum absolute atomic E-state index is 10.9. The molecule has 0 radical (unpaired) electrons. The number of nitrogens with zero attached hydrogens (tertiary/aromatic N) is 2. The van der Waals surface area contributed by atoms with Gasteiger partial charge in [0.1, 0.15) is 0 Å². The molecular formula is C14H15N3O2. The Hall–Kier alpha value is -2.43. The molecule has 0 saturated heterocycles. The molecule has 1 N–H and O–H groups in total. The van der Waals surface area contributed by atoms with Crippen molar-refractivity contribution in [3.8, 4) is 0 Å². The lowest BCUT2D eigenvalue weighted by Gasteiger charge is -2.06. The van der Waals surface area contributed by atoms with Gasteiger partial charge in [-0.3, -0.25) is 10.1 Å². The van der Waals surface area contributed by atoms with Gasteiger partial charge in [-0.15, -0.1) is 0 Å². The Bertz CT molecular complexity index is 570. The topological polar surface area (TPSA) is 68.1 Å². The lowest BCUT2D eigenvalue weighted by Crippen LogP contribution is -2.08. The van der Waals surface area contributed by atoms with Crippen molar-refractivity contribution < 1.29 is 4.92 Å². The van der Waals surface area contributed by atoms with Crippen LogP contribution in [0.4, 0.5) is 11.5 Å². The highest BCUT2D eigenvalue weighted by Gasteiger charge is 2.14. The minimum atomic E-state index is -0.412. The molecule has 19 heavy (non-hydrogen) atoms. The van der Waals surface area contributed by atoms with Crippen LogP contribution in [0.5, 0.6) is 0 Å². The molecule has 2 aromatic rings. The number of hydrogen-bond acceptors (Lipinski definition) is 4. The first kappa shape index (κ1) is 13.0. The molecule has 0 saturated carbocycles. The van der Waals surface area contributed by atoms with E-state index in [1.807, 2.05) is 30.3 Å². The summed E-state index contributed by atoms with van der Waals surface area (Å²) >= 11 is 0. The van der Waals surface area contributed by atoms with Gasteiger partial charge in [0.05, 0.1) is 4.92 Å². The first-order chi connectivity index (χ1) is 9.16. The van der Waals surface area contributed by atoms with E-state index in [1.54, 1.807) is 13.1 Å². The van der Waals surface area contributed by atoms with E-state index in [0.29, 0.717) is 12.4 Å². The van der Waals surface area contributed by atoms with Crippen molar-refractivity contribution in [2.75, 3.05) is 11.9 Å². The molecule has 0 aliphatic carbocycles. The number of nitro groups is 1. The third-order valence-electron chi connectivity index (χ3n) is 2.75. The van der Waals surface area contributed by atoms with Gasteiger partial charge in [0.25, 0.3) is 0 Å². The van der Waals surface area contributed by atoms with Crippen LogP contribution in [0.25, 0.3) is 0 Å². The van der Waals surface area contributed by atoms with Crippen LogP contribution >= 0.6 is 0 Å². The summed E-state index contributed by atoms with van der Waals surface area (Å²) in [6.45, 7) is 2.40. The average molecular weight is 257 g/mol. The van der Waals surface area contributed by atoms with E-state index >= 15 is 0 Å². The zero-order valence-corrected chi connectivity index (χ0v) is 10.7. The largest absolute Gasteiger partial charge is 0.364 e. The van der Waals surface area contributed by atoms with E-state index in [9.17, 15) is 10.1 Å². The van der Waals surface area contributed by atoms with Crippen molar-refractivity contribution in [2.24, 2.45) is 0 Å². The van der Waals surface area contributed by atoms with Crippen molar-refractivity contribution in [3.63, 3.8) is 0 Å². The highest BCUT2D eigenvalue weighted by molar-refractivity contribution is 5.56. The van der Waals surface area contributed by atoms with Crippen LogP contribution in [-0.4, -0.2) is 16.5 Å². The van der Waals surface area contributed by atoms with Crippen LogP contribution in [0.2, 0.25) is 0 Å². The number of anilines is 1. The van der Waals surface area contributed by atoms with E-state index in [2.05, 4.69) is 10.3 Å². The molecule has 5 heteroatoms. The Morgan fingerprint density at radius 1 is 1.32 bits per heavy atom. The van der Waals surface area contributed by atoms with Gasteiger partial charge in [0.2, 0.25) is 5.82 Å². The molecule has 1 aromatic carbocycles. The van der Waals surface area contributed by atoms with E-state index in [-0.39, 0.29) is 5.69 Å². The zero-order valence-electron chi connectivity index (χ0n) is 10.7. The van der Waals surface area contributed by atoms with Crippen LogP contribution in [0.3, 0.4) is 0 Å². The van der Waals surface area contributed by atoms with Crippen molar-refractivity contribution in [3.05, 3.63) is 63.8 Å². The lowest BCUT2D eigenvalue weighted by molar-refractivity contribution is -0.384. The number of benzene rings is 1. The fourth-order valence-electron chi connectivity index (χ4n) is 1.80. The molecule has 0 amide bonds. The summed E-state index contributed by atoms with van der Waals surface area (Å²) in [6, 6.07) is 11.5. The molecule has 0 atom stereocenters. The summed E-state index contributed by atoms with van der Waals surface area (Å²) in [4.78, 5) is 14.6. The van der Waals surface area contributed by atoms with Crippen LogP contribution < -0.4 is 5.32 Å². The Kier molecular flexibility index (Phi) is 4.07. The Balaban J connectivity index is 2.02. The second-order valence-corrected chi connectivity index (χ2v) is 4.30. The van der Waals surface area contributed by atoms with Crippen LogP contribution in [0.1, 0.15) is 11.1 Å². The molecule has 0 bridgehead atoms. The number of pyridine rings is 1.